The molecule has 1 aromatic carbocycles. The highest BCUT2D eigenvalue weighted by Gasteiger charge is 2.20. The average molecular weight is 263 g/mol. The van der Waals surface area contributed by atoms with Crippen LogP contribution >= 0.6 is 0 Å². The predicted molar refractivity (Wildman–Crippen MR) is 70.8 cm³/mol. The van der Waals surface area contributed by atoms with Gasteiger partial charge in [-0.3, -0.25) is 0 Å². The number of hydrogen-bond donors (Lipinski definition) is 1. The number of hydrogen-bond acceptors (Lipinski definition) is 4. The van der Waals surface area contributed by atoms with Crippen LogP contribution in [0.5, 0.6) is 0 Å². The Kier molecular flexibility index (Phi) is 3.95. The van der Waals surface area contributed by atoms with Crippen molar-refractivity contribution in [3.63, 3.8) is 0 Å². The molecule has 0 saturated carbocycles. The Labute approximate surface area is 111 Å². The maximum absolute atomic E-state index is 13.4. The summed E-state index contributed by atoms with van der Waals surface area (Å²) < 4.78 is 18.5. The number of nitrogens with zero attached hydrogens (tertiary/aromatic N) is 2. The summed E-state index contributed by atoms with van der Waals surface area (Å²) in [6.45, 7) is 5.90. The lowest BCUT2D eigenvalue weighted by atomic mass is 10.0. The summed E-state index contributed by atoms with van der Waals surface area (Å²) >= 11 is 0. The molecule has 0 aliphatic carbocycles. The van der Waals surface area contributed by atoms with E-state index in [0.717, 1.165) is 12.0 Å². The molecular weight excluding hydrogens is 245 g/mol. The summed E-state index contributed by atoms with van der Waals surface area (Å²) in [5.41, 5.74) is 7.44. The lowest BCUT2D eigenvalue weighted by Crippen LogP contribution is -2.18. The number of halogens is 1. The van der Waals surface area contributed by atoms with Gasteiger partial charge in [-0.1, -0.05) is 25.4 Å². The summed E-state index contributed by atoms with van der Waals surface area (Å²) in [4.78, 5) is 4.26. The number of nitrogens with two attached hydrogens (primary N) is 1. The zero-order chi connectivity index (χ0) is 14.0. The minimum absolute atomic E-state index is 0.252. The van der Waals surface area contributed by atoms with Crippen molar-refractivity contribution in [2.24, 2.45) is 11.7 Å². The maximum Gasteiger partial charge on any atom is 0.244 e. The molecule has 0 bridgehead atoms. The molecule has 2 aromatic rings. The fourth-order valence-corrected chi connectivity index (χ4v) is 1.85. The van der Waals surface area contributed by atoms with Gasteiger partial charge in [0.2, 0.25) is 11.7 Å². The molecule has 2 atom stereocenters. The van der Waals surface area contributed by atoms with Gasteiger partial charge >= 0.3 is 0 Å². The summed E-state index contributed by atoms with van der Waals surface area (Å²) in [5.74, 6) is 0.706. The Bertz CT molecular complexity index is 547. The van der Waals surface area contributed by atoms with Crippen LogP contribution in [0.1, 0.15) is 37.8 Å². The van der Waals surface area contributed by atoms with Gasteiger partial charge in [0, 0.05) is 5.56 Å². The van der Waals surface area contributed by atoms with Crippen LogP contribution in [0.3, 0.4) is 0 Å². The van der Waals surface area contributed by atoms with E-state index in [2.05, 4.69) is 17.1 Å². The number of rotatable bonds is 4. The molecule has 1 heterocycles. The second-order valence-electron chi connectivity index (χ2n) is 4.88. The van der Waals surface area contributed by atoms with E-state index in [-0.39, 0.29) is 17.8 Å². The van der Waals surface area contributed by atoms with E-state index in [1.807, 2.05) is 19.9 Å². The Morgan fingerprint density at radius 2 is 2.11 bits per heavy atom. The van der Waals surface area contributed by atoms with Gasteiger partial charge in [-0.15, -0.1) is 0 Å². The molecule has 4 nitrogen and oxygen atoms in total. The maximum atomic E-state index is 13.4. The first-order valence-electron chi connectivity index (χ1n) is 6.38. The van der Waals surface area contributed by atoms with Crippen molar-refractivity contribution in [1.82, 2.24) is 10.1 Å². The molecule has 102 valence electrons. The van der Waals surface area contributed by atoms with Crippen LogP contribution in [0.25, 0.3) is 11.4 Å². The molecule has 0 aliphatic rings. The smallest absolute Gasteiger partial charge is 0.244 e. The van der Waals surface area contributed by atoms with Gasteiger partial charge in [0.15, 0.2) is 0 Å². The highest BCUT2D eigenvalue weighted by molar-refractivity contribution is 5.55. The third kappa shape index (κ3) is 2.98. The van der Waals surface area contributed by atoms with Crippen LogP contribution in [0.4, 0.5) is 4.39 Å². The minimum Gasteiger partial charge on any atom is -0.337 e. The van der Waals surface area contributed by atoms with Crippen LogP contribution in [-0.4, -0.2) is 10.1 Å². The summed E-state index contributed by atoms with van der Waals surface area (Å²) in [6, 6.07) is 4.36. The molecule has 2 N–H and O–H groups in total. The Hall–Kier alpha value is -1.75. The van der Waals surface area contributed by atoms with Crippen molar-refractivity contribution < 1.29 is 8.91 Å². The number of aromatic nitrogens is 2. The SMILES string of the molecule is CCC(C)C(N)c1nc(-c2cc(C)cc(F)c2)no1. The van der Waals surface area contributed by atoms with Gasteiger partial charge in [0.05, 0.1) is 6.04 Å². The van der Waals surface area contributed by atoms with Crippen LogP contribution in [0.2, 0.25) is 0 Å². The van der Waals surface area contributed by atoms with Crippen molar-refractivity contribution in [3.05, 3.63) is 35.5 Å². The average Bonchev–Trinajstić information content (AvgIpc) is 2.85. The van der Waals surface area contributed by atoms with E-state index in [1.165, 1.54) is 12.1 Å². The van der Waals surface area contributed by atoms with Gasteiger partial charge in [-0.25, -0.2) is 4.39 Å². The van der Waals surface area contributed by atoms with Crippen LogP contribution in [-0.2, 0) is 0 Å². The summed E-state index contributed by atoms with van der Waals surface area (Å²) in [5, 5.41) is 3.87. The molecular formula is C14H18FN3O. The molecule has 0 fully saturated rings. The molecule has 0 saturated heterocycles. The standard InChI is InChI=1S/C14H18FN3O/c1-4-9(3)12(16)14-17-13(18-19-14)10-5-8(2)6-11(15)7-10/h5-7,9,12H,4,16H2,1-3H3. The van der Waals surface area contributed by atoms with E-state index >= 15 is 0 Å². The van der Waals surface area contributed by atoms with E-state index < -0.39 is 0 Å². The molecule has 0 radical (unpaired) electrons. The van der Waals surface area contributed by atoms with Crippen molar-refractivity contribution in [3.8, 4) is 11.4 Å². The largest absolute Gasteiger partial charge is 0.337 e. The predicted octanol–water partition coefficient (Wildman–Crippen LogP) is 3.23. The first-order chi connectivity index (χ1) is 9.01. The monoisotopic (exact) mass is 263 g/mol. The fourth-order valence-electron chi connectivity index (χ4n) is 1.85. The molecule has 2 rings (SSSR count). The van der Waals surface area contributed by atoms with E-state index in [1.54, 1.807) is 0 Å². The third-order valence-electron chi connectivity index (χ3n) is 3.28. The van der Waals surface area contributed by atoms with Crippen LogP contribution < -0.4 is 5.73 Å². The first-order valence-corrected chi connectivity index (χ1v) is 6.38. The fraction of sp³-hybridized carbons (Fsp3) is 0.429. The normalized spacial score (nSPS) is 14.4. The highest BCUT2D eigenvalue weighted by atomic mass is 19.1. The second kappa shape index (κ2) is 5.48. The number of benzene rings is 1. The second-order valence-corrected chi connectivity index (χ2v) is 4.88. The van der Waals surface area contributed by atoms with E-state index in [0.29, 0.717) is 17.3 Å². The highest BCUT2D eigenvalue weighted by Crippen LogP contribution is 2.24. The van der Waals surface area contributed by atoms with Crippen molar-refractivity contribution in [1.29, 1.82) is 0 Å². The molecule has 1 aromatic heterocycles. The molecule has 0 amide bonds. The van der Waals surface area contributed by atoms with Gasteiger partial charge in [0.25, 0.3) is 0 Å². The third-order valence-corrected chi connectivity index (χ3v) is 3.28. The zero-order valence-corrected chi connectivity index (χ0v) is 11.4. The van der Waals surface area contributed by atoms with Crippen LogP contribution in [0.15, 0.2) is 22.7 Å². The summed E-state index contributed by atoms with van der Waals surface area (Å²) in [6.07, 6.45) is 0.929. The molecule has 5 heteroatoms. The lowest BCUT2D eigenvalue weighted by molar-refractivity contribution is 0.312. The number of aryl methyl sites for hydroxylation is 1. The quantitative estimate of drug-likeness (QED) is 0.919. The van der Waals surface area contributed by atoms with Crippen molar-refractivity contribution in [2.75, 3.05) is 0 Å². The van der Waals surface area contributed by atoms with Gasteiger partial charge in [-0.2, -0.15) is 4.98 Å². The lowest BCUT2D eigenvalue weighted by Gasteiger charge is -2.12. The van der Waals surface area contributed by atoms with Crippen LogP contribution in [0, 0.1) is 18.7 Å². The van der Waals surface area contributed by atoms with Gasteiger partial charge < -0.3 is 10.3 Å². The summed E-state index contributed by atoms with van der Waals surface area (Å²) in [7, 11) is 0. The van der Waals surface area contributed by atoms with Gasteiger partial charge in [-0.05, 0) is 36.6 Å². The molecule has 2 unspecified atom stereocenters. The topological polar surface area (TPSA) is 64.9 Å². The zero-order valence-electron chi connectivity index (χ0n) is 11.4. The van der Waals surface area contributed by atoms with Crippen molar-refractivity contribution >= 4 is 0 Å². The van der Waals surface area contributed by atoms with E-state index in [9.17, 15) is 4.39 Å². The first kappa shape index (κ1) is 13.7. The molecule has 0 spiro atoms. The minimum atomic E-state index is -0.312. The van der Waals surface area contributed by atoms with Gasteiger partial charge in [0.1, 0.15) is 5.82 Å². The Morgan fingerprint density at radius 1 is 1.37 bits per heavy atom. The molecule has 19 heavy (non-hydrogen) atoms. The van der Waals surface area contributed by atoms with E-state index in [4.69, 9.17) is 10.3 Å². The Morgan fingerprint density at radius 3 is 2.74 bits per heavy atom. The Balaban J connectivity index is 2.30. The molecule has 0 aliphatic heterocycles. The van der Waals surface area contributed by atoms with Crippen molar-refractivity contribution in [2.45, 2.75) is 33.2 Å².